The Bertz CT molecular complexity index is 544. The molecule has 4 nitrogen and oxygen atoms in total. The molecule has 2 aliphatic rings. The van der Waals surface area contributed by atoms with Gasteiger partial charge < -0.3 is 11.1 Å². The van der Waals surface area contributed by atoms with E-state index in [1.165, 1.54) is 6.42 Å². The van der Waals surface area contributed by atoms with Gasteiger partial charge in [-0.2, -0.15) is 0 Å². The SMILES string of the molecule is Nc1ccc(CC2NC(=O)C3(CCCCC3)CC2=O)cc1. The van der Waals surface area contributed by atoms with Gasteiger partial charge in [-0.25, -0.2) is 0 Å². The van der Waals surface area contributed by atoms with Crippen LogP contribution in [0.1, 0.15) is 44.1 Å². The highest BCUT2D eigenvalue weighted by Crippen LogP contribution is 2.42. The molecule has 1 heterocycles. The third kappa shape index (κ3) is 2.80. The smallest absolute Gasteiger partial charge is 0.227 e. The minimum absolute atomic E-state index is 0.0854. The van der Waals surface area contributed by atoms with Crippen LogP contribution in [-0.2, 0) is 16.0 Å². The molecule has 1 aromatic rings. The Kier molecular flexibility index (Phi) is 3.70. The number of amides is 1. The van der Waals surface area contributed by atoms with Crippen molar-refractivity contribution < 1.29 is 9.59 Å². The molecule has 3 rings (SSSR count). The highest BCUT2D eigenvalue weighted by molar-refractivity contribution is 5.99. The molecule has 1 amide bonds. The van der Waals surface area contributed by atoms with Gasteiger partial charge in [0.05, 0.1) is 11.5 Å². The summed E-state index contributed by atoms with van der Waals surface area (Å²) in [6, 6.07) is 7.10. The van der Waals surface area contributed by atoms with E-state index in [1.807, 2.05) is 24.3 Å². The lowest BCUT2D eigenvalue weighted by molar-refractivity contribution is -0.145. The third-order valence-corrected chi connectivity index (χ3v) is 4.92. The summed E-state index contributed by atoms with van der Waals surface area (Å²) in [7, 11) is 0. The van der Waals surface area contributed by atoms with Crippen LogP contribution in [0.25, 0.3) is 0 Å². The number of nitrogens with two attached hydrogens (primary N) is 1. The number of carbonyl (C=O) groups excluding carboxylic acids is 2. The van der Waals surface area contributed by atoms with E-state index in [4.69, 9.17) is 5.73 Å². The molecule has 1 atom stereocenters. The number of Topliss-reactive ketones (excluding diaryl/α,β-unsaturated/α-hetero) is 1. The van der Waals surface area contributed by atoms with Crippen LogP contribution >= 0.6 is 0 Å². The number of rotatable bonds is 2. The van der Waals surface area contributed by atoms with Crippen LogP contribution in [0.4, 0.5) is 5.69 Å². The van der Waals surface area contributed by atoms with E-state index >= 15 is 0 Å². The fourth-order valence-corrected chi connectivity index (χ4v) is 3.62. The summed E-state index contributed by atoms with van der Waals surface area (Å²) in [4.78, 5) is 24.9. The second kappa shape index (κ2) is 5.51. The molecule has 1 unspecified atom stereocenters. The van der Waals surface area contributed by atoms with Gasteiger partial charge in [0.1, 0.15) is 0 Å². The lowest BCUT2D eigenvalue weighted by atomic mass is 9.67. The van der Waals surface area contributed by atoms with Crippen molar-refractivity contribution in [3.63, 3.8) is 0 Å². The quantitative estimate of drug-likeness (QED) is 0.819. The van der Waals surface area contributed by atoms with Crippen molar-refractivity contribution in [2.45, 2.75) is 51.0 Å². The first-order valence-electron chi connectivity index (χ1n) is 7.77. The van der Waals surface area contributed by atoms with Crippen molar-refractivity contribution in [3.05, 3.63) is 29.8 Å². The van der Waals surface area contributed by atoms with Crippen molar-refractivity contribution in [3.8, 4) is 0 Å². The van der Waals surface area contributed by atoms with E-state index in [2.05, 4.69) is 5.32 Å². The first-order valence-corrected chi connectivity index (χ1v) is 7.77. The summed E-state index contributed by atoms with van der Waals surface area (Å²) in [6.45, 7) is 0. The highest BCUT2D eigenvalue weighted by Gasteiger charge is 2.46. The molecule has 0 radical (unpaired) electrons. The van der Waals surface area contributed by atoms with E-state index in [9.17, 15) is 9.59 Å². The Balaban J connectivity index is 1.70. The molecule has 1 aromatic carbocycles. The number of carbonyl (C=O) groups is 2. The number of anilines is 1. The monoisotopic (exact) mass is 286 g/mol. The molecule has 1 aliphatic heterocycles. The molecule has 0 aromatic heterocycles. The topological polar surface area (TPSA) is 72.2 Å². The van der Waals surface area contributed by atoms with Crippen LogP contribution < -0.4 is 11.1 Å². The van der Waals surface area contributed by atoms with Gasteiger partial charge in [0, 0.05) is 12.1 Å². The largest absolute Gasteiger partial charge is 0.399 e. The van der Waals surface area contributed by atoms with E-state index < -0.39 is 5.41 Å². The number of hydrogen-bond acceptors (Lipinski definition) is 3. The van der Waals surface area contributed by atoms with Crippen molar-refractivity contribution in [2.24, 2.45) is 5.41 Å². The molecular formula is C17H22N2O2. The van der Waals surface area contributed by atoms with Crippen LogP contribution in [-0.4, -0.2) is 17.7 Å². The number of nitrogen functional groups attached to an aromatic ring is 1. The van der Waals surface area contributed by atoms with Gasteiger partial charge in [-0.15, -0.1) is 0 Å². The van der Waals surface area contributed by atoms with Gasteiger partial charge in [0.2, 0.25) is 5.91 Å². The van der Waals surface area contributed by atoms with Crippen molar-refractivity contribution >= 4 is 17.4 Å². The minimum atomic E-state index is -0.410. The fraction of sp³-hybridized carbons (Fsp3) is 0.529. The maximum Gasteiger partial charge on any atom is 0.227 e. The Morgan fingerprint density at radius 1 is 1.10 bits per heavy atom. The maximum absolute atomic E-state index is 12.5. The standard InChI is InChI=1S/C17H22N2O2/c18-13-6-4-12(5-7-13)10-14-15(20)11-17(16(21)19-14)8-2-1-3-9-17/h4-7,14H,1-3,8-11,18H2,(H,19,21). The van der Waals surface area contributed by atoms with E-state index in [0.717, 1.165) is 31.2 Å². The van der Waals surface area contributed by atoms with Crippen molar-refractivity contribution in [1.29, 1.82) is 0 Å². The summed E-state index contributed by atoms with van der Waals surface area (Å²) < 4.78 is 0. The molecule has 2 fully saturated rings. The average Bonchev–Trinajstić information content (AvgIpc) is 2.48. The molecule has 1 spiro atoms. The Hall–Kier alpha value is -1.84. The van der Waals surface area contributed by atoms with Crippen LogP contribution in [0.5, 0.6) is 0 Å². The van der Waals surface area contributed by atoms with Crippen LogP contribution in [0, 0.1) is 5.41 Å². The second-order valence-electron chi connectivity index (χ2n) is 6.46. The second-order valence-corrected chi connectivity index (χ2v) is 6.46. The van der Waals surface area contributed by atoms with Crippen LogP contribution in [0.15, 0.2) is 24.3 Å². The van der Waals surface area contributed by atoms with Crippen LogP contribution in [0.3, 0.4) is 0 Å². The van der Waals surface area contributed by atoms with Crippen LogP contribution in [0.2, 0.25) is 0 Å². The summed E-state index contributed by atoms with van der Waals surface area (Å²) in [6.07, 6.45) is 5.99. The molecule has 112 valence electrons. The van der Waals surface area contributed by atoms with E-state index in [0.29, 0.717) is 18.5 Å². The van der Waals surface area contributed by atoms with Gasteiger partial charge in [0.25, 0.3) is 0 Å². The third-order valence-electron chi connectivity index (χ3n) is 4.92. The Morgan fingerprint density at radius 2 is 1.76 bits per heavy atom. The lowest BCUT2D eigenvalue weighted by Gasteiger charge is -2.41. The zero-order valence-electron chi connectivity index (χ0n) is 12.2. The molecule has 3 N–H and O–H groups in total. The average molecular weight is 286 g/mol. The summed E-state index contributed by atoms with van der Waals surface area (Å²) in [5.41, 5.74) is 6.99. The number of benzene rings is 1. The first-order chi connectivity index (χ1) is 10.1. The number of nitrogens with one attached hydrogen (secondary N) is 1. The summed E-state index contributed by atoms with van der Waals surface area (Å²) in [5, 5.41) is 2.97. The molecule has 1 saturated carbocycles. The van der Waals surface area contributed by atoms with Gasteiger partial charge in [-0.3, -0.25) is 9.59 Å². The Morgan fingerprint density at radius 3 is 2.43 bits per heavy atom. The normalized spacial score (nSPS) is 24.9. The minimum Gasteiger partial charge on any atom is -0.399 e. The molecule has 21 heavy (non-hydrogen) atoms. The van der Waals surface area contributed by atoms with Crippen molar-refractivity contribution in [1.82, 2.24) is 5.32 Å². The number of piperidine rings is 1. The zero-order chi connectivity index (χ0) is 14.9. The highest BCUT2D eigenvalue weighted by atomic mass is 16.2. The molecule has 4 heteroatoms. The number of hydrogen-bond donors (Lipinski definition) is 2. The zero-order valence-corrected chi connectivity index (χ0v) is 12.2. The van der Waals surface area contributed by atoms with Gasteiger partial charge in [-0.05, 0) is 37.0 Å². The summed E-state index contributed by atoms with van der Waals surface area (Å²) in [5.74, 6) is 0.260. The first kappa shape index (κ1) is 14.1. The van der Waals surface area contributed by atoms with E-state index in [1.54, 1.807) is 0 Å². The molecule has 1 aliphatic carbocycles. The number of ketones is 1. The Labute approximate surface area is 125 Å². The van der Waals surface area contributed by atoms with E-state index in [-0.39, 0.29) is 17.7 Å². The lowest BCUT2D eigenvalue weighted by Crippen LogP contribution is -2.57. The predicted molar refractivity (Wildman–Crippen MR) is 81.6 cm³/mol. The molecule has 0 bridgehead atoms. The predicted octanol–water partition coefficient (Wildman–Crippen LogP) is 2.22. The van der Waals surface area contributed by atoms with Gasteiger partial charge in [0.15, 0.2) is 5.78 Å². The van der Waals surface area contributed by atoms with Gasteiger partial charge in [-0.1, -0.05) is 31.4 Å². The summed E-state index contributed by atoms with van der Waals surface area (Å²) >= 11 is 0. The fourth-order valence-electron chi connectivity index (χ4n) is 3.62. The molecule has 1 saturated heterocycles. The molecular weight excluding hydrogens is 264 g/mol. The maximum atomic E-state index is 12.5. The van der Waals surface area contributed by atoms with Crippen molar-refractivity contribution in [2.75, 3.05) is 5.73 Å². The van der Waals surface area contributed by atoms with Gasteiger partial charge >= 0.3 is 0 Å².